The van der Waals surface area contributed by atoms with Gasteiger partial charge in [-0.3, -0.25) is 4.79 Å². The minimum absolute atomic E-state index is 0.221. The molecule has 0 N–H and O–H groups in total. The van der Waals surface area contributed by atoms with Crippen LogP contribution < -0.4 is 0 Å². The Bertz CT molecular complexity index is 211. The van der Waals surface area contributed by atoms with E-state index in [-0.39, 0.29) is 5.92 Å². The molecule has 2 nitrogen and oxygen atoms in total. The highest BCUT2D eigenvalue weighted by molar-refractivity contribution is 5.83. The Morgan fingerprint density at radius 3 is 2.06 bits per heavy atom. The topological polar surface area (TPSA) is 26.3 Å². The molecular formula is C14H24O2. The van der Waals surface area contributed by atoms with E-state index >= 15 is 0 Å². The first kappa shape index (κ1) is 12.1. The fourth-order valence-electron chi connectivity index (χ4n) is 3.04. The van der Waals surface area contributed by atoms with Crippen molar-refractivity contribution in [3.63, 3.8) is 0 Å². The van der Waals surface area contributed by atoms with Gasteiger partial charge in [-0.2, -0.15) is 0 Å². The summed E-state index contributed by atoms with van der Waals surface area (Å²) < 4.78 is 5.43. The van der Waals surface area contributed by atoms with Crippen molar-refractivity contribution in [2.45, 2.75) is 57.8 Å². The van der Waals surface area contributed by atoms with Crippen LogP contribution in [0.25, 0.3) is 0 Å². The molecule has 0 radical (unpaired) electrons. The minimum atomic E-state index is 0.221. The van der Waals surface area contributed by atoms with Crippen LogP contribution in [0.4, 0.5) is 0 Å². The second-order valence-electron chi connectivity index (χ2n) is 5.36. The van der Waals surface area contributed by atoms with Crippen molar-refractivity contribution in [3.8, 4) is 0 Å². The molecule has 0 aromatic carbocycles. The van der Waals surface area contributed by atoms with E-state index < -0.39 is 0 Å². The van der Waals surface area contributed by atoms with E-state index in [4.69, 9.17) is 4.74 Å². The van der Waals surface area contributed by atoms with Crippen LogP contribution in [0.1, 0.15) is 57.8 Å². The predicted molar refractivity (Wildman–Crippen MR) is 64.4 cm³/mol. The quantitative estimate of drug-likeness (QED) is 0.719. The first-order valence-electron chi connectivity index (χ1n) is 6.99. The SMILES string of the molecule is O=C(C1CCCCCCC1)C1CCCOC1. The monoisotopic (exact) mass is 224 g/mol. The minimum Gasteiger partial charge on any atom is -0.381 e. The molecule has 2 aliphatic rings. The standard InChI is InChI=1S/C14H24O2/c15-14(13-9-6-10-16-11-13)12-7-4-2-1-3-5-8-12/h12-13H,1-11H2. The van der Waals surface area contributed by atoms with Crippen molar-refractivity contribution in [1.82, 2.24) is 0 Å². The molecule has 2 fully saturated rings. The summed E-state index contributed by atoms with van der Waals surface area (Å²) >= 11 is 0. The maximum absolute atomic E-state index is 12.3. The molecule has 1 unspecified atom stereocenters. The van der Waals surface area contributed by atoms with Gasteiger partial charge in [-0.25, -0.2) is 0 Å². The fourth-order valence-corrected chi connectivity index (χ4v) is 3.04. The van der Waals surface area contributed by atoms with E-state index in [2.05, 4.69) is 0 Å². The Hall–Kier alpha value is -0.370. The summed E-state index contributed by atoms with van der Waals surface area (Å²) in [6.07, 6.45) is 10.9. The molecule has 1 aliphatic heterocycles. The Kier molecular flexibility index (Phi) is 4.83. The summed E-state index contributed by atoms with van der Waals surface area (Å²) in [6.45, 7) is 1.55. The highest BCUT2D eigenvalue weighted by Crippen LogP contribution is 2.27. The van der Waals surface area contributed by atoms with Crippen molar-refractivity contribution >= 4 is 5.78 Å². The third-order valence-electron chi connectivity index (χ3n) is 4.07. The molecule has 1 atom stereocenters. The third kappa shape index (κ3) is 3.31. The largest absolute Gasteiger partial charge is 0.381 e. The van der Waals surface area contributed by atoms with E-state index in [0.717, 1.165) is 32.3 Å². The van der Waals surface area contributed by atoms with Crippen molar-refractivity contribution in [1.29, 1.82) is 0 Å². The van der Waals surface area contributed by atoms with Crippen molar-refractivity contribution in [3.05, 3.63) is 0 Å². The van der Waals surface area contributed by atoms with Crippen LogP contribution in [0.2, 0.25) is 0 Å². The molecule has 2 rings (SSSR count). The molecule has 0 amide bonds. The first-order chi connectivity index (χ1) is 7.88. The lowest BCUT2D eigenvalue weighted by molar-refractivity contribution is -0.131. The fraction of sp³-hybridized carbons (Fsp3) is 0.929. The second-order valence-corrected chi connectivity index (χ2v) is 5.36. The lowest BCUT2D eigenvalue weighted by Crippen LogP contribution is -2.30. The molecule has 1 saturated heterocycles. The number of rotatable bonds is 2. The Balaban J connectivity index is 1.85. The zero-order chi connectivity index (χ0) is 11.2. The van der Waals surface area contributed by atoms with Gasteiger partial charge in [0, 0.05) is 18.4 Å². The molecule has 1 saturated carbocycles. The maximum Gasteiger partial charge on any atom is 0.141 e. The average molecular weight is 224 g/mol. The van der Waals surface area contributed by atoms with E-state index in [1.165, 1.54) is 32.1 Å². The zero-order valence-corrected chi connectivity index (χ0v) is 10.2. The number of hydrogen-bond acceptors (Lipinski definition) is 2. The van der Waals surface area contributed by atoms with Gasteiger partial charge in [0.25, 0.3) is 0 Å². The zero-order valence-electron chi connectivity index (χ0n) is 10.2. The predicted octanol–water partition coefficient (Wildman–Crippen LogP) is 3.34. The molecule has 0 bridgehead atoms. The van der Waals surface area contributed by atoms with Crippen molar-refractivity contribution < 1.29 is 9.53 Å². The molecule has 92 valence electrons. The van der Waals surface area contributed by atoms with Crippen molar-refractivity contribution in [2.24, 2.45) is 11.8 Å². The number of hydrogen-bond donors (Lipinski definition) is 0. The number of carbonyl (C=O) groups excluding carboxylic acids is 1. The normalized spacial score (nSPS) is 29.4. The van der Waals surface area contributed by atoms with Crippen LogP contribution >= 0.6 is 0 Å². The van der Waals surface area contributed by atoms with Gasteiger partial charge in [-0.05, 0) is 25.7 Å². The van der Waals surface area contributed by atoms with Gasteiger partial charge in [0.2, 0.25) is 0 Å². The number of ketones is 1. The summed E-state index contributed by atoms with van der Waals surface area (Å²) in [6, 6.07) is 0. The van der Waals surface area contributed by atoms with Gasteiger partial charge >= 0.3 is 0 Å². The summed E-state index contributed by atoms with van der Waals surface area (Å²) in [4.78, 5) is 12.3. The van der Waals surface area contributed by atoms with Gasteiger partial charge in [0.1, 0.15) is 5.78 Å². The summed E-state index contributed by atoms with van der Waals surface area (Å²) in [5.41, 5.74) is 0. The average Bonchev–Trinajstić information content (AvgIpc) is 2.29. The molecule has 2 heteroatoms. The molecule has 0 aromatic rings. The van der Waals surface area contributed by atoms with Gasteiger partial charge in [-0.15, -0.1) is 0 Å². The van der Waals surface area contributed by atoms with Crippen LogP contribution in [0, 0.1) is 11.8 Å². The van der Waals surface area contributed by atoms with Crippen LogP contribution in [0.3, 0.4) is 0 Å². The molecule has 0 aromatic heterocycles. The van der Waals surface area contributed by atoms with E-state index in [1.54, 1.807) is 0 Å². The van der Waals surface area contributed by atoms with E-state index in [0.29, 0.717) is 18.3 Å². The van der Waals surface area contributed by atoms with E-state index in [9.17, 15) is 4.79 Å². The van der Waals surface area contributed by atoms with Gasteiger partial charge in [0.15, 0.2) is 0 Å². The van der Waals surface area contributed by atoms with Gasteiger partial charge in [-0.1, -0.05) is 32.1 Å². The molecular weight excluding hydrogens is 200 g/mol. The first-order valence-corrected chi connectivity index (χ1v) is 6.99. The summed E-state index contributed by atoms with van der Waals surface area (Å²) in [7, 11) is 0. The third-order valence-corrected chi connectivity index (χ3v) is 4.07. The van der Waals surface area contributed by atoms with Crippen LogP contribution in [-0.2, 0) is 9.53 Å². The van der Waals surface area contributed by atoms with Gasteiger partial charge < -0.3 is 4.74 Å². The van der Waals surface area contributed by atoms with Crippen LogP contribution in [0.15, 0.2) is 0 Å². The molecule has 1 aliphatic carbocycles. The Labute approximate surface area is 98.7 Å². The number of Topliss-reactive ketones (excluding diaryl/α,β-unsaturated/α-hetero) is 1. The summed E-state index contributed by atoms with van der Waals surface area (Å²) in [5.74, 6) is 1.09. The molecule has 0 spiro atoms. The highest BCUT2D eigenvalue weighted by Gasteiger charge is 2.28. The highest BCUT2D eigenvalue weighted by atomic mass is 16.5. The van der Waals surface area contributed by atoms with Crippen molar-refractivity contribution in [2.75, 3.05) is 13.2 Å². The molecule has 1 heterocycles. The Morgan fingerprint density at radius 2 is 1.44 bits per heavy atom. The maximum atomic E-state index is 12.3. The smallest absolute Gasteiger partial charge is 0.141 e. The lowest BCUT2D eigenvalue weighted by atomic mass is 9.82. The lowest BCUT2D eigenvalue weighted by Gasteiger charge is -2.26. The Morgan fingerprint density at radius 1 is 0.812 bits per heavy atom. The second kappa shape index (κ2) is 6.39. The molecule has 16 heavy (non-hydrogen) atoms. The number of carbonyl (C=O) groups is 1. The summed E-state index contributed by atoms with van der Waals surface area (Å²) in [5, 5.41) is 0. The van der Waals surface area contributed by atoms with E-state index in [1.807, 2.05) is 0 Å². The van der Waals surface area contributed by atoms with Crippen LogP contribution in [0.5, 0.6) is 0 Å². The van der Waals surface area contributed by atoms with Gasteiger partial charge in [0.05, 0.1) is 6.61 Å². The van der Waals surface area contributed by atoms with Crippen LogP contribution in [-0.4, -0.2) is 19.0 Å². The number of ether oxygens (including phenoxy) is 1.